The van der Waals surface area contributed by atoms with Crippen LogP contribution in [0.2, 0.25) is 0 Å². The molecule has 1 aliphatic heterocycles. The Morgan fingerprint density at radius 3 is 2.72 bits per heavy atom. The van der Waals surface area contributed by atoms with Crippen LogP contribution in [0.5, 0.6) is 0 Å². The Labute approximate surface area is 176 Å². The quantitative estimate of drug-likeness (QED) is 0.592. The van der Waals surface area contributed by atoms with Gasteiger partial charge in [-0.25, -0.2) is 8.42 Å². The average Bonchev–Trinajstić information content (AvgIpc) is 3.24. The van der Waals surface area contributed by atoms with Gasteiger partial charge in [-0.05, 0) is 32.8 Å². The predicted molar refractivity (Wildman–Crippen MR) is 116 cm³/mol. The van der Waals surface area contributed by atoms with Crippen LogP contribution in [0, 0.1) is 6.92 Å². The van der Waals surface area contributed by atoms with Crippen LogP contribution in [0.1, 0.15) is 32.3 Å². The molecule has 0 bridgehead atoms. The van der Waals surface area contributed by atoms with Gasteiger partial charge in [0.25, 0.3) is 0 Å². The molecule has 1 aromatic heterocycles. The molecule has 1 aromatic carbocycles. The largest absolute Gasteiger partial charge is 0.338 e. The fraction of sp³-hybridized carbons (Fsp3) is 0.550. The summed E-state index contributed by atoms with van der Waals surface area (Å²) in [5.41, 5.74) is 2.17. The first-order chi connectivity index (χ1) is 13.8. The van der Waals surface area contributed by atoms with Crippen LogP contribution in [-0.4, -0.2) is 63.8 Å². The molecular formula is C20H28N4O3S2. The first-order valence-electron chi connectivity index (χ1n) is 9.97. The summed E-state index contributed by atoms with van der Waals surface area (Å²) in [6.45, 7) is 7.31. The molecule has 1 amide bonds. The number of amides is 1. The molecule has 1 fully saturated rings. The van der Waals surface area contributed by atoms with E-state index in [4.69, 9.17) is 0 Å². The molecule has 2 heterocycles. The van der Waals surface area contributed by atoms with Gasteiger partial charge in [-0.15, -0.1) is 10.2 Å². The molecular weight excluding hydrogens is 408 g/mol. The van der Waals surface area contributed by atoms with Crippen LogP contribution in [0.4, 0.5) is 0 Å². The topological polar surface area (TPSA) is 85.2 Å². The van der Waals surface area contributed by atoms with Crippen LogP contribution < -0.4 is 0 Å². The molecule has 1 aliphatic rings. The standard InChI is InChI=1S/C20H28N4O3S2/c1-4-10-24-19(16-8-6-7-15(3)12-16)21-22-20(24)28-13-18(25)23(5-2)17-9-11-29(26,27)14-17/h6-8,12,17H,4-5,9-11,13-14H2,1-3H3/t17-/m1/s1. The maximum absolute atomic E-state index is 12.8. The molecule has 0 N–H and O–H groups in total. The second-order valence-electron chi connectivity index (χ2n) is 7.35. The van der Waals surface area contributed by atoms with Gasteiger partial charge in [0.2, 0.25) is 5.91 Å². The van der Waals surface area contributed by atoms with Crippen molar-refractivity contribution < 1.29 is 13.2 Å². The number of benzene rings is 1. The molecule has 1 atom stereocenters. The number of carbonyl (C=O) groups is 1. The monoisotopic (exact) mass is 436 g/mol. The third-order valence-corrected chi connectivity index (χ3v) is 7.78. The number of thioether (sulfide) groups is 1. The van der Waals surface area contributed by atoms with Crippen molar-refractivity contribution in [3.05, 3.63) is 29.8 Å². The Bertz CT molecular complexity index is 972. The maximum Gasteiger partial charge on any atom is 0.233 e. The molecule has 2 aromatic rings. The molecule has 0 unspecified atom stereocenters. The highest BCUT2D eigenvalue weighted by atomic mass is 32.2. The van der Waals surface area contributed by atoms with Crippen molar-refractivity contribution in [3.63, 3.8) is 0 Å². The summed E-state index contributed by atoms with van der Waals surface area (Å²) in [5.74, 6) is 1.21. The van der Waals surface area contributed by atoms with E-state index >= 15 is 0 Å². The van der Waals surface area contributed by atoms with Crippen molar-refractivity contribution in [2.45, 2.75) is 51.4 Å². The number of rotatable bonds is 8. The summed E-state index contributed by atoms with van der Waals surface area (Å²) < 4.78 is 25.6. The Morgan fingerprint density at radius 1 is 1.31 bits per heavy atom. The van der Waals surface area contributed by atoms with Gasteiger partial charge < -0.3 is 9.47 Å². The molecule has 9 heteroatoms. The lowest BCUT2D eigenvalue weighted by Crippen LogP contribution is -2.42. The smallest absolute Gasteiger partial charge is 0.233 e. The summed E-state index contributed by atoms with van der Waals surface area (Å²) >= 11 is 1.37. The van der Waals surface area contributed by atoms with Gasteiger partial charge in [-0.3, -0.25) is 4.79 Å². The Morgan fingerprint density at radius 2 is 2.10 bits per heavy atom. The van der Waals surface area contributed by atoms with Crippen molar-refractivity contribution in [2.75, 3.05) is 23.8 Å². The second kappa shape index (κ2) is 9.30. The fourth-order valence-electron chi connectivity index (χ4n) is 3.69. The van der Waals surface area contributed by atoms with Crippen LogP contribution >= 0.6 is 11.8 Å². The molecule has 0 aliphatic carbocycles. The molecule has 158 valence electrons. The molecule has 3 rings (SSSR count). The number of hydrogen-bond acceptors (Lipinski definition) is 6. The zero-order valence-corrected chi connectivity index (χ0v) is 18.8. The van der Waals surface area contributed by atoms with E-state index < -0.39 is 9.84 Å². The van der Waals surface area contributed by atoms with Crippen molar-refractivity contribution in [3.8, 4) is 11.4 Å². The average molecular weight is 437 g/mol. The van der Waals surface area contributed by atoms with E-state index in [0.29, 0.717) is 18.1 Å². The Balaban J connectivity index is 1.73. The predicted octanol–water partition coefficient (Wildman–Crippen LogP) is 2.79. The summed E-state index contributed by atoms with van der Waals surface area (Å²) in [6, 6.07) is 7.92. The van der Waals surface area contributed by atoms with E-state index in [0.717, 1.165) is 29.9 Å². The zero-order valence-electron chi connectivity index (χ0n) is 17.2. The van der Waals surface area contributed by atoms with Gasteiger partial charge in [-0.2, -0.15) is 0 Å². The van der Waals surface area contributed by atoms with Crippen LogP contribution in [0.3, 0.4) is 0 Å². The second-order valence-corrected chi connectivity index (χ2v) is 10.5. The highest BCUT2D eigenvalue weighted by Crippen LogP contribution is 2.26. The summed E-state index contributed by atoms with van der Waals surface area (Å²) in [6.07, 6.45) is 1.45. The van der Waals surface area contributed by atoms with E-state index in [2.05, 4.69) is 27.8 Å². The Kier molecular flexibility index (Phi) is 7.00. The van der Waals surface area contributed by atoms with Crippen LogP contribution in [-0.2, 0) is 21.2 Å². The number of hydrogen-bond donors (Lipinski definition) is 0. The SMILES string of the molecule is CCCn1c(SCC(=O)N(CC)[C@@H]2CCS(=O)(=O)C2)nnc1-c1cccc(C)c1. The Hall–Kier alpha value is -1.87. The third-order valence-electron chi connectivity index (χ3n) is 5.08. The van der Waals surface area contributed by atoms with E-state index in [-0.39, 0.29) is 29.2 Å². The zero-order chi connectivity index (χ0) is 21.0. The third kappa shape index (κ3) is 5.19. The van der Waals surface area contributed by atoms with Gasteiger partial charge in [0.1, 0.15) is 0 Å². The minimum atomic E-state index is -3.02. The van der Waals surface area contributed by atoms with E-state index in [1.807, 2.05) is 32.0 Å². The number of aromatic nitrogens is 3. The van der Waals surface area contributed by atoms with Crippen LogP contribution in [0.25, 0.3) is 11.4 Å². The lowest BCUT2D eigenvalue weighted by atomic mass is 10.1. The van der Waals surface area contributed by atoms with Gasteiger partial charge in [0, 0.05) is 24.7 Å². The van der Waals surface area contributed by atoms with E-state index in [9.17, 15) is 13.2 Å². The highest BCUT2D eigenvalue weighted by Gasteiger charge is 2.34. The fourth-order valence-corrected chi connectivity index (χ4v) is 6.27. The maximum atomic E-state index is 12.8. The molecule has 0 radical (unpaired) electrons. The first-order valence-corrected chi connectivity index (χ1v) is 12.8. The number of aryl methyl sites for hydroxylation is 1. The highest BCUT2D eigenvalue weighted by molar-refractivity contribution is 7.99. The summed E-state index contributed by atoms with van der Waals surface area (Å²) in [5, 5.41) is 9.42. The first kappa shape index (κ1) is 21.8. The number of nitrogens with zero attached hydrogens (tertiary/aromatic N) is 4. The van der Waals surface area contributed by atoms with Gasteiger partial charge in [0.15, 0.2) is 20.8 Å². The summed E-state index contributed by atoms with van der Waals surface area (Å²) in [4.78, 5) is 14.5. The molecule has 29 heavy (non-hydrogen) atoms. The van der Waals surface area contributed by atoms with E-state index in [1.54, 1.807) is 4.90 Å². The molecule has 0 saturated carbocycles. The summed E-state index contributed by atoms with van der Waals surface area (Å²) in [7, 11) is -3.02. The van der Waals surface area contributed by atoms with Gasteiger partial charge >= 0.3 is 0 Å². The minimum Gasteiger partial charge on any atom is -0.338 e. The lowest BCUT2D eigenvalue weighted by Gasteiger charge is -2.26. The minimum absolute atomic E-state index is 0.0530. The van der Waals surface area contributed by atoms with Crippen molar-refractivity contribution in [2.24, 2.45) is 0 Å². The van der Waals surface area contributed by atoms with Crippen molar-refractivity contribution in [1.82, 2.24) is 19.7 Å². The lowest BCUT2D eigenvalue weighted by molar-refractivity contribution is -0.129. The van der Waals surface area contributed by atoms with Gasteiger partial charge in [-0.1, -0.05) is 42.4 Å². The van der Waals surface area contributed by atoms with E-state index in [1.165, 1.54) is 11.8 Å². The number of carbonyl (C=O) groups excluding carboxylic acids is 1. The number of sulfone groups is 1. The van der Waals surface area contributed by atoms with Crippen LogP contribution in [0.15, 0.2) is 29.4 Å². The molecule has 7 nitrogen and oxygen atoms in total. The normalized spacial score (nSPS) is 18.1. The van der Waals surface area contributed by atoms with Crippen molar-refractivity contribution in [1.29, 1.82) is 0 Å². The molecule has 0 spiro atoms. The van der Waals surface area contributed by atoms with Crippen molar-refractivity contribution >= 4 is 27.5 Å². The molecule has 1 saturated heterocycles. The van der Waals surface area contributed by atoms with Gasteiger partial charge in [0.05, 0.1) is 17.3 Å².